The molecule has 0 heterocycles. The molecule has 4 nitrogen and oxygen atoms in total. The van der Waals surface area contributed by atoms with Gasteiger partial charge in [-0.25, -0.2) is 4.39 Å². The van der Waals surface area contributed by atoms with Crippen LogP contribution in [0.25, 0.3) is 0 Å². The molecular formula is C15H12ClFN2O2. The third-order valence-electron chi connectivity index (χ3n) is 3.62. The Labute approximate surface area is 125 Å². The first-order chi connectivity index (χ1) is 10.0. The number of fused-ring (bicyclic) bond motifs is 1. The van der Waals surface area contributed by atoms with Crippen molar-refractivity contribution in [1.29, 1.82) is 0 Å². The normalized spacial score (nSPS) is 16.6. The van der Waals surface area contributed by atoms with Gasteiger partial charge in [0.15, 0.2) is 0 Å². The highest BCUT2D eigenvalue weighted by atomic mass is 35.5. The van der Waals surface area contributed by atoms with Gasteiger partial charge in [0.05, 0.1) is 4.92 Å². The van der Waals surface area contributed by atoms with Gasteiger partial charge < -0.3 is 5.32 Å². The van der Waals surface area contributed by atoms with Gasteiger partial charge in [0.25, 0.3) is 5.69 Å². The molecule has 6 heteroatoms. The van der Waals surface area contributed by atoms with Crippen molar-refractivity contribution in [2.45, 2.75) is 18.9 Å². The van der Waals surface area contributed by atoms with Gasteiger partial charge in [0.1, 0.15) is 11.5 Å². The predicted octanol–water partition coefficient (Wildman–Crippen LogP) is 3.97. The van der Waals surface area contributed by atoms with Gasteiger partial charge in [0.2, 0.25) is 0 Å². The molecule has 1 atom stereocenters. The Hall–Kier alpha value is -2.14. The van der Waals surface area contributed by atoms with E-state index in [-0.39, 0.29) is 17.4 Å². The summed E-state index contributed by atoms with van der Waals surface area (Å²) in [5.74, 6) is -0.498. The molecule has 108 valence electrons. The molecule has 0 spiro atoms. The quantitative estimate of drug-likeness (QED) is 0.689. The zero-order chi connectivity index (χ0) is 15.0. The van der Waals surface area contributed by atoms with E-state index >= 15 is 0 Å². The molecule has 21 heavy (non-hydrogen) atoms. The fourth-order valence-electron chi connectivity index (χ4n) is 2.69. The number of hydrogen-bond acceptors (Lipinski definition) is 3. The molecule has 0 bridgehead atoms. The molecule has 1 unspecified atom stereocenters. The number of nitro groups is 1. The van der Waals surface area contributed by atoms with E-state index in [0.29, 0.717) is 11.4 Å². The number of hydrogen-bond donors (Lipinski definition) is 1. The first-order valence-electron chi connectivity index (χ1n) is 6.51. The zero-order valence-corrected chi connectivity index (χ0v) is 11.7. The average Bonchev–Trinajstić information content (AvgIpc) is 2.79. The van der Waals surface area contributed by atoms with E-state index < -0.39 is 10.7 Å². The van der Waals surface area contributed by atoms with Crippen LogP contribution in [-0.4, -0.2) is 11.0 Å². The molecule has 0 aromatic heterocycles. The van der Waals surface area contributed by atoms with Crippen LogP contribution >= 0.6 is 11.6 Å². The van der Waals surface area contributed by atoms with Crippen molar-refractivity contribution in [2.75, 3.05) is 5.32 Å². The molecule has 0 fully saturated rings. The van der Waals surface area contributed by atoms with Crippen molar-refractivity contribution in [1.82, 2.24) is 0 Å². The van der Waals surface area contributed by atoms with Crippen molar-refractivity contribution >= 4 is 23.0 Å². The summed E-state index contributed by atoms with van der Waals surface area (Å²) < 4.78 is 13.3. The smallest absolute Gasteiger partial charge is 0.292 e. The van der Waals surface area contributed by atoms with Gasteiger partial charge in [-0.1, -0.05) is 17.7 Å². The molecule has 0 saturated carbocycles. The minimum atomic E-state index is -0.513. The van der Waals surface area contributed by atoms with Crippen LogP contribution in [0.3, 0.4) is 0 Å². The topological polar surface area (TPSA) is 55.2 Å². The number of nitrogens with one attached hydrogen (secondary N) is 1. The van der Waals surface area contributed by atoms with Crippen LogP contribution in [0.4, 0.5) is 15.8 Å². The van der Waals surface area contributed by atoms with E-state index in [0.717, 1.165) is 29.7 Å². The van der Waals surface area contributed by atoms with Crippen LogP contribution in [0, 0.1) is 15.9 Å². The third-order valence-corrected chi connectivity index (χ3v) is 3.85. The highest BCUT2D eigenvalue weighted by Gasteiger charge is 2.24. The molecule has 1 N–H and O–H groups in total. The van der Waals surface area contributed by atoms with Crippen LogP contribution in [0.5, 0.6) is 0 Å². The highest BCUT2D eigenvalue weighted by Crippen LogP contribution is 2.31. The Morgan fingerprint density at radius 3 is 2.71 bits per heavy atom. The van der Waals surface area contributed by atoms with Crippen LogP contribution in [0.2, 0.25) is 5.02 Å². The van der Waals surface area contributed by atoms with Gasteiger partial charge in [-0.3, -0.25) is 10.1 Å². The summed E-state index contributed by atoms with van der Waals surface area (Å²) in [7, 11) is 0. The van der Waals surface area contributed by atoms with E-state index in [1.54, 1.807) is 0 Å². The monoisotopic (exact) mass is 306 g/mol. The number of nitrogens with zero attached hydrogens (tertiary/aromatic N) is 1. The van der Waals surface area contributed by atoms with Crippen molar-refractivity contribution < 1.29 is 9.31 Å². The molecule has 2 aromatic rings. The van der Waals surface area contributed by atoms with Gasteiger partial charge in [0, 0.05) is 23.2 Å². The van der Waals surface area contributed by atoms with Crippen molar-refractivity contribution in [2.24, 2.45) is 0 Å². The number of nitro benzene ring substituents is 1. The summed E-state index contributed by atoms with van der Waals surface area (Å²) in [5.41, 5.74) is 2.38. The number of anilines is 1. The van der Waals surface area contributed by atoms with Gasteiger partial charge in [-0.2, -0.15) is 0 Å². The maximum Gasteiger partial charge on any atom is 0.292 e. The molecule has 2 aromatic carbocycles. The molecule has 0 amide bonds. The fraction of sp³-hybridized carbons (Fsp3) is 0.200. The first kappa shape index (κ1) is 13.8. The van der Waals surface area contributed by atoms with E-state index in [2.05, 4.69) is 5.32 Å². The minimum Gasteiger partial charge on any atom is -0.376 e. The molecule has 0 saturated heterocycles. The summed E-state index contributed by atoms with van der Waals surface area (Å²) in [6.45, 7) is 0. The lowest BCUT2D eigenvalue weighted by molar-refractivity contribution is -0.384. The largest absolute Gasteiger partial charge is 0.376 e. The first-order valence-corrected chi connectivity index (χ1v) is 6.88. The van der Waals surface area contributed by atoms with Crippen molar-refractivity contribution in [3.05, 3.63) is 68.5 Å². The summed E-state index contributed by atoms with van der Waals surface area (Å²) in [6, 6.07) is 9.11. The third kappa shape index (κ3) is 2.83. The highest BCUT2D eigenvalue weighted by molar-refractivity contribution is 6.30. The number of rotatable bonds is 3. The maximum absolute atomic E-state index is 13.3. The Morgan fingerprint density at radius 2 is 1.95 bits per heavy atom. The van der Waals surface area contributed by atoms with Crippen LogP contribution in [0.15, 0.2) is 36.4 Å². The lowest BCUT2D eigenvalue weighted by Gasteiger charge is -2.13. The lowest BCUT2D eigenvalue weighted by atomic mass is 10.1. The summed E-state index contributed by atoms with van der Waals surface area (Å²) >= 11 is 5.96. The van der Waals surface area contributed by atoms with E-state index in [1.807, 2.05) is 18.2 Å². The second-order valence-electron chi connectivity index (χ2n) is 5.08. The lowest BCUT2D eigenvalue weighted by Crippen LogP contribution is -2.20. The van der Waals surface area contributed by atoms with Crippen LogP contribution < -0.4 is 5.32 Å². The Kier molecular flexibility index (Phi) is 3.51. The second kappa shape index (κ2) is 5.33. The molecule has 0 aliphatic heterocycles. The summed E-state index contributed by atoms with van der Waals surface area (Å²) in [5, 5.41) is 14.7. The maximum atomic E-state index is 13.3. The van der Waals surface area contributed by atoms with Gasteiger partial charge in [-0.15, -0.1) is 0 Å². The molecule has 1 aliphatic rings. The average molecular weight is 307 g/mol. The fourth-order valence-corrected chi connectivity index (χ4v) is 2.89. The number of halogens is 2. The van der Waals surface area contributed by atoms with Crippen LogP contribution in [-0.2, 0) is 12.8 Å². The van der Waals surface area contributed by atoms with E-state index in [1.165, 1.54) is 6.07 Å². The Balaban J connectivity index is 1.83. The SMILES string of the molecule is O=[N+]([O-])c1ccc(F)cc1NC1Cc2ccc(Cl)cc2C1. The molecular weight excluding hydrogens is 295 g/mol. The standard InChI is InChI=1S/C15H12ClFN2O2/c16-11-2-1-9-6-13(7-10(9)5-11)18-14-8-12(17)3-4-15(14)19(20)21/h1-5,8,13,18H,6-7H2. The van der Waals surface area contributed by atoms with Gasteiger partial charge in [-0.05, 0) is 42.2 Å². The zero-order valence-electron chi connectivity index (χ0n) is 11.0. The Bertz CT molecular complexity index is 721. The molecule has 0 radical (unpaired) electrons. The number of benzene rings is 2. The minimum absolute atomic E-state index is 0.000957. The van der Waals surface area contributed by atoms with E-state index in [4.69, 9.17) is 11.6 Å². The van der Waals surface area contributed by atoms with E-state index in [9.17, 15) is 14.5 Å². The predicted molar refractivity (Wildman–Crippen MR) is 79.3 cm³/mol. The van der Waals surface area contributed by atoms with Crippen molar-refractivity contribution in [3.63, 3.8) is 0 Å². The van der Waals surface area contributed by atoms with Crippen LogP contribution in [0.1, 0.15) is 11.1 Å². The Morgan fingerprint density at radius 1 is 1.19 bits per heavy atom. The second-order valence-corrected chi connectivity index (χ2v) is 5.52. The summed E-state index contributed by atoms with van der Waals surface area (Å²) in [6.07, 6.45) is 1.45. The van der Waals surface area contributed by atoms with Crippen molar-refractivity contribution in [3.8, 4) is 0 Å². The summed E-state index contributed by atoms with van der Waals surface area (Å²) in [4.78, 5) is 10.5. The van der Waals surface area contributed by atoms with Gasteiger partial charge >= 0.3 is 0 Å². The molecule has 1 aliphatic carbocycles. The molecule has 3 rings (SSSR count).